The van der Waals surface area contributed by atoms with Gasteiger partial charge < -0.3 is 9.53 Å². The fourth-order valence-corrected chi connectivity index (χ4v) is 2.15. The molecule has 0 heterocycles. The van der Waals surface area contributed by atoms with Crippen LogP contribution in [0.3, 0.4) is 0 Å². The highest BCUT2D eigenvalue weighted by Crippen LogP contribution is 2.36. The molecule has 3 heteroatoms. The van der Waals surface area contributed by atoms with Crippen molar-refractivity contribution in [3.05, 3.63) is 28.8 Å². The lowest BCUT2D eigenvalue weighted by molar-refractivity contribution is -0.108. The minimum atomic E-state index is 0.143. The average Bonchev–Trinajstić information content (AvgIpc) is 3.12. The number of benzene rings is 1. The van der Waals surface area contributed by atoms with E-state index in [1.165, 1.54) is 12.8 Å². The molecule has 0 aromatic heterocycles. The largest absolute Gasteiger partial charge is 0.492 e. The summed E-state index contributed by atoms with van der Waals surface area (Å²) in [5.74, 6) is 1.60. The van der Waals surface area contributed by atoms with E-state index < -0.39 is 0 Å². The molecular weight excluding hydrogens is 236 g/mol. The van der Waals surface area contributed by atoms with E-state index in [2.05, 4.69) is 0 Å². The summed E-state index contributed by atoms with van der Waals surface area (Å²) in [6, 6.07) is 5.78. The van der Waals surface area contributed by atoms with Crippen LogP contribution in [-0.2, 0) is 4.79 Å². The fourth-order valence-electron chi connectivity index (χ4n) is 1.78. The summed E-state index contributed by atoms with van der Waals surface area (Å²) in [4.78, 5) is 10.5. The minimum absolute atomic E-state index is 0.143. The standard InChI is InChI=1S/C14H17ClO2/c1-10(7-8-16)12-3-2-4-13(14(12)15)17-9-11-5-6-11/h2-4,8,10-11H,5-7,9H2,1H3. The van der Waals surface area contributed by atoms with E-state index >= 15 is 0 Å². The van der Waals surface area contributed by atoms with Crippen LogP contribution in [0, 0.1) is 5.92 Å². The van der Waals surface area contributed by atoms with Crippen molar-refractivity contribution in [1.29, 1.82) is 0 Å². The molecule has 92 valence electrons. The summed E-state index contributed by atoms with van der Waals surface area (Å²) in [5, 5.41) is 0.655. The van der Waals surface area contributed by atoms with Gasteiger partial charge >= 0.3 is 0 Å². The first-order chi connectivity index (χ1) is 8.22. The summed E-state index contributed by atoms with van der Waals surface area (Å²) in [6.45, 7) is 2.76. The van der Waals surface area contributed by atoms with Crippen molar-refractivity contribution in [3.63, 3.8) is 0 Å². The molecule has 1 aromatic carbocycles. The van der Waals surface area contributed by atoms with Gasteiger partial charge in [-0.3, -0.25) is 0 Å². The predicted molar refractivity (Wildman–Crippen MR) is 68.8 cm³/mol. The molecule has 0 saturated heterocycles. The summed E-state index contributed by atoms with van der Waals surface area (Å²) >= 11 is 6.30. The van der Waals surface area contributed by atoms with Gasteiger partial charge in [-0.2, -0.15) is 0 Å². The van der Waals surface area contributed by atoms with Crippen molar-refractivity contribution in [1.82, 2.24) is 0 Å². The Kier molecular flexibility index (Phi) is 4.06. The highest BCUT2D eigenvalue weighted by atomic mass is 35.5. The van der Waals surface area contributed by atoms with E-state index in [0.29, 0.717) is 17.4 Å². The molecule has 0 amide bonds. The molecule has 0 bridgehead atoms. The smallest absolute Gasteiger partial charge is 0.138 e. The van der Waals surface area contributed by atoms with Gasteiger partial charge in [0.15, 0.2) is 0 Å². The van der Waals surface area contributed by atoms with Crippen molar-refractivity contribution in [2.24, 2.45) is 5.92 Å². The molecule has 0 N–H and O–H groups in total. The lowest BCUT2D eigenvalue weighted by atomic mass is 9.98. The highest BCUT2D eigenvalue weighted by molar-refractivity contribution is 6.32. The number of hydrogen-bond acceptors (Lipinski definition) is 2. The van der Waals surface area contributed by atoms with E-state index in [4.69, 9.17) is 16.3 Å². The molecule has 2 rings (SSSR count). The number of aldehydes is 1. The van der Waals surface area contributed by atoms with Crippen LogP contribution in [0.5, 0.6) is 5.75 Å². The van der Waals surface area contributed by atoms with Crippen molar-refractivity contribution >= 4 is 17.9 Å². The molecule has 1 fully saturated rings. The van der Waals surface area contributed by atoms with E-state index in [1.807, 2.05) is 25.1 Å². The molecule has 1 aliphatic carbocycles. The molecule has 0 radical (unpaired) electrons. The molecular formula is C14H17ClO2. The zero-order chi connectivity index (χ0) is 12.3. The maximum atomic E-state index is 10.5. The van der Waals surface area contributed by atoms with Crippen LogP contribution in [-0.4, -0.2) is 12.9 Å². The van der Waals surface area contributed by atoms with Gasteiger partial charge in [0.05, 0.1) is 11.6 Å². The Labute approximate surface area is 107 Å². The Bertz CT molecular complexity index is 399. The number of rotatable bonds is 6. The van der Waals surface area contributed by atoms with Crippen molar-refractivity contribution in [3.8, 4) is 5.75 Å². The second-order valence-electron chi connectivity index (χ2n) is 4.72. The van der Waals surface area contributed by atoms with Crippen LogP contribution in [0.4, 0.5) is 0 Å². The van der Waals surface area contributed by atoms with Crippen LogP contribution in [0.1, 0.15) is 37.7 Å². The molecule has 1 atom stereocenters. The number of carbonyl (C=O) groups is 1. The monoisotopic (exact) mass is 252 g/mol. The Hall–Kier alpha value is -1.02. The SMILES string of the molecule is CC(CC=O)c1cccc(OCC2CC2)c1Cl. The molecule has 2 nitrogen and oxygen atoms in total. The molecule has 1 aliphatic rings. The normalized spacial score (nSPS) is 16.6. The minimum Gasteiger partial charge on any atom is -0.492 e. The molecule has 0 spiro atoms. The van der Waals surface area contributed by atoms with E-state index in [1.54, 1.807) is 0 Å². The Morgan fingerprint density at radius 3 is 2.94 bits per heavy atom. The lowest BCUT2D eigenvalue weighted by Gasteiger charge is -2.14. The van der Waals surface area contributed by atoms with Gasteiger partial charge in [0, 0.05) is 6.42 Å². The first kappa shape index (κ1) is 12.4. The molecule has 0 aliphatic heterocycles. The second kappa shape index (κ2) is 5.54. The summed E-state index contributed by atoms with van der Waals surface area (Å²) in [7, 11) is 0. The van der Waals surface area contributed by atoms with E-state index in [-0.39, 0.29) is 5.92 Å². The first-order valence-electron chi connectivity index (χ1n) is 6.07. The van der Waals surface area contributed by atoms with Gasteiger partial charge in [0.2, 0.25) is 0 Å². The van der Waals surface area contributed by atoms with Gasteiger partial charge in [-0.1, -0.05) is 30.7 Å². The molecule has 17 heavy (non-hydrogen) atoms. The lowest BCUT2D eigenvalue weighted by Crippen LogP contribution is -2.02. The Morgan fingerprint density at radius 1 is 1.53 bits per heavy atom. The van der Waals surface area contributed by atoms with Crippen LogP contribution >= 0.6 is 11.6 Å². The molecule has 1 unspecified atom stereocenters. The third-order valence-corrected chi connectivity index (χ3v) is 3.55. The van der Waals surface area contributed by atoms with E-state index in [9.17, 15) is 4.79 Å². The Balaban J connectivity index is 2.10. The number of hydrogen-bond donors (Lipinski definition) is 0. The van der Waals surface area contributed by atoms with Gasteiger partial charge in [-0.15, -0.1) is 0 Å². The molecule has 1 aromatic rings. The zero-order valence-electron chi connectivity index (χ0n) is 9.99. The van der Waals surface area contributed by atoms with Gasteiger partial charge in [-0.25, -0.2) is 0 Å². The zero-order valence-corrected chi connectivity index (χ0v) is 10.7. The topological polar surface area (TPSA) is 26.3 Å². The van der Waals surface area contributed by atoms with Crippen LogP contribution in [0.25, 0.3) is 0 Å². The number of ether oxygens (including phenoxy) is 1. The van der Waals surface area contributed by atoms with Gasteiger partial charge in [0.25, 0.3) is 0 Å². The highest BCUT2D eigenvalue weighted by Gasteiger charge is 2.22. The van der Waals surface area contributed by atoms with Crippen molar-refractivity contribution in [2.45, 2.75) is 32.1 Å². The summed E-state index contributed by atoms with van der Waals surface area (Å²) < 4.78 is 5.71. The fraction of sp³-hybridized carbons (Fsp3) is 0.500. The second-order valence-corrected chi connectivity index (χ2v) is 5.10. The quantitative estimate of drug-likeness (QED) is 0.720. The van der Waals surface area contributed by atoms with Crippen LogP contribution < -0.4 is 4.74 Å². The van der Waals surface area contributed by atoms with Gasteiger partial charge in [-0.05, 0) is 36.3 Å². The summed E-state index contributed by atoms with van der Waals surface area (Å²) in [6.07, 6.45) is 3.95. The number of carbonyl (C=O) groups excluding carboxylic acids is 1. The third kappa shape index (κ3) is 3.22. The summed E-state index contributed by atoms with van der Waals surface area (Å²) in [5.41, 5.74) is 0.993. The van der Waals surface area contributed by atoms with Crippen molar-refractivity contribution < 1.29 is 9.53 Å². The van der Waals surface area contributed by atoms with E-state index in [0.717, 1.165) is 24.2 Å². The predicted octanol–water partition coefficient (Wildman–Crippen LogP) is 3.82. The van der Waals surface area contributed by atoms with Crippen molar-refractivity contribution in [2.75, 3.05) is 6.61 Å². The first-order valence-corrected chi connectivity index (χ1v) is 6.45. The average molecular weight is 253 g/mol. The van der Waals surface area contributed by atoms with Crippen LogP contribution in [0.15, 0.2) is 18.2 Å². The molecule has 1 saturated carbocycles. The maximum absolute atomic E-state index is 10.5. The number of halogens is 1. The van der Waals surface area contributed by atoms with Gasteiger partial charge in [0.1, 0.15) is 12.0 Å². The maximum Gasteiger partial charge on any atom is 0.138 e. The third-order valence-electron chi connectivity index (χ3n) is 3.15. The van der Waals surface area contributed by atoms with Crippen LogP contribution in [0.2, 0.25) is 5.02 Å². The Morgan fingerprint density at radius 2 is 2.29 bits per heavy atom.